The molecule has 0 spiro atoms. The molecule has 0 radical (unpaired) electrons. The summed E-state index contributed by atoms with van der Waals surface area (Å²) in [4.78, 5) is 46.5. The Balaban J connectivity index is 0.00000300. The van der Waals surface area contributed by atoms with Gasteiger partial charge in [-0.3, -0.25) is 19.7 Å². The molecule has 0 aliphatic carbocycles. The Hall–Kier alpha value is -3.57. The topological polar surface area (TPSA) is 152 Å². The molecule has 2 N–H and O–H groups in total. The van der Waals surface area contributed by atoms with Crippen LogP contribution >= 0.6 is 12.4 Å². The molecule has 152 valence electrons. The number of benzene rings is 1. The van der Waals surface area contributed by atoms with Crippen molar-refractivity contribution in [1.29, 1.82) is 0 Å². The Kier molecular flexibility index (Phi) is 6.80. The van der Waals surface area contributed by atoms with Crippen molar-refractivity contribution in [2.24, 2.45) is 10.8 Å². The lowest BCUT2D eigenvalue weighted by Crippen LogP contribution is -2.38. The summed E-state index contributed by atoms with van der Waals surface area (Å²) in [5.41, 5.74) is 5.85. The van der Waals surface area contributed by atoms with Crippen molar-refractivity contribution >= 4 is 42.2 Å². The van der Waals surface area contributed by atoms with Gasteiger partial charge in [0.2, 0.25) is 5.91 Å². The smallest absolute Gasteiger partial charge is 0.354 e. The largest absolute Gasteiger partial charge is 0.455 e. The van der Waals surface area contributed by atoms with Crippen LogP contribution in [-0.2, 0) is 9.59 Å². The second-order valence-corrected chi connectivity index (χ2v) is 5.75. The van der Waals surface area contributed by atoms with Gasteiger partial charge in [-0.1, -0.05) is 0 Å². The zero-order valence-corrected chi connectivity index (χ0v) is 15.7. The summed E-state index contributed by atoms with van der Waals surface area (Å²) < 4.78 is 5.57. The second-order valence-electron chi connectivity index (χ2n) is 5.75. The number of hydrogen-bond donors (Lipinski definition) is 1. The average molecular weight is 422 g/mol. The van der Waals surface area contributed by atoms with Crippen LogP contribution in [0.2, 0.25) is 0 Å². The van der Waals surface area contributed by atoms with Crippen molar-refractivity contribution in [3.63, 3.8) is 0 Å². The van der Waals surface area contributed by atoms with E-state index in [-0.39, 0.29) is 37.6 Å². The van der Waals surface area contributed by atoms with Gasteiger partial charge in [-0.25, -0.2) is 9.80 Å². The normalized spacial score (nSPS) is 13.8. The highest BCUT2D eigenvalue weighted by Gasteiger charge is 2.40. The molecule has 1 aliphatic rings. The van der Waals surface area contributed by atoms with Crippen molar-refractivity contribution in [3.05, 3.63) is 52.3 Å². The lowest BCUT2D eigenvalue weighted by atomic mass is 10.1. The molecule has 1 aliphatic heterocycles. The van der Waals surface area contributed by atoms with E-state index < -0.39 is 22.8 Å². The van der Waals surface area contributed by atoms with Crippen LogP contribution in [0.15, 0.2) is 45.9 Å². The third-order valence-corrected chi connectivity index (χ3v) is 3.87. The number of nitro groups is 1. The van der Waals surface area contributed by atoms with E-state index in [1.54, 1.807) is 24.3 Å². The molecule has 1 saturated heterocycles. The minimum Gasteiger partial charge on any atom is -0.455 e. The number of carbonyl (C=O) groups is 3. The standard InChI is InChI=1S/C17H15N5O6.ClH/c18-8-7-15(23)21-16(24)10-20(17(21)25)19-9-13-5-6-14(28-13)11-1-3-12(4-2-11)22(26)27;/h1-6,9H,7-8,10,18H2;1H/b19-9-;. The predicted octanol–water partition coefficient (Wildman–Crippen LogP) is 1.75. The monoisotopic (exact) mass is 421 g/mol. The second kappa shape index (κ2) is 9.08. The number of rotatable bonds is 6. The Morgan fingerprint density at radius 3 is 2.55 bits per heavy atom. The van der Waals surface area contributed by atoms with Crippen molar-refractivity contribution in [2.75, 3.05) is 13.1 Å². The molecular weight excluding hydrogens is 406 g/mol. The summed E-state index contributed by atoms with van der Waals surface area (Å²) in [6.45, 7) is -0.335. The number of nitro benzene ring substituents is 1. The molecular formula is C17H16ClN5O6. The van der Waals surface area contributed by atoms with Gasteiger partial charge in [-0.05, 0) is 24.3 Å². The predicted molar refractivity (Wildman–Crippen MR) is 103 cm³/mol. The molecule has 1 fully saturated rings. The van der Waals surface area contributed by atoms with Crippen LogP contribution < -0.4 is 5.73 Å². The molecule has 2 aromatic rings. The lowest BCUT2D eigenvalue weighted by molar-refractivity contribution is -0.384. The Labute approximate surface area is 170 Å². The zero-order valence-electron chi connectivity index (χ0n) is 14.9. The molecule has 29 heavy (non-hydrogen) atoms. The van der Waals surface area contributed by atoms with Crippen LogP contribution in [0.4, 0.5) is 10.5 Å². The highest BCUT2D eigenvalue weighted by molar-refractivity contribution is 6.15. The molecule has 1 aromatic carbocycles. The van der Waals surface area contributed by atoms with Crippen LogP contribution in [0, 0.1) is 10.1 Å². The van der Waals surface area contributed by atoms with E-state index in [2.05, 4.69) is 5.10 Å². The summed E-state index contributed by atoms with van der Waals surface area (Å²) in [5, 5.41) is 15.4. The van der Waals surface area contributed by atoms with Crippen LogP contribution in [-0.4, -0.2) is 52.0 Å². The van der Waals surface area contributed by atoms with Crippen LogP contribution in [0.3, 0.4) is 0 Å². The van der Waals surface area contributed by atoms with Gasteiger partial charge in [-0.2, -0.15) is 10.0 Å². The van der Waals surface area contributed by atoms with Crippen molar-refractivity contribution < 1.29 is 23.7 Å². The van der Waals surface area contributed by atoms with Gasteiger partial charge < -0.3 is 10.2 Å². The van der Waals surface area contributed by atoms with Gasteiger partial charge in [0.05, 0.1) is 11.1 Å². The zero-order chi connectivity index (χ0) is 20.3. The number of urea groups is 1. The third kappa shape index (κ3) is 4.65. The van der Waals surface area contributed by atoms with Crippen LogP contribution in [0.1, 0.15) is 12.2 Å². The lowest BCUT2D eigenvalue weighted by Gasteiger charge is -2.11. The van der Waals surface area contributed by atoms with Crippen molar-refractivity contribution in [2.45, 2.75) is 6.42 Å². The number of carbonyl (C=O) groups excluding carboxylic acids is 3. The van der Waals surface area contributed by atoms with Gasteiger partial charge in [0, 0.05) is 30.7 Å². The molecule has 4 amide bonds. The maximum atomic E-state index is 12.1. The minimum absolute atomic E-state index is 0. The first-order valence-corrected chi connectivity index (χ1v) is 8.16. The average Bonchev–Trinajstić information content (AvgIpc) is 3.24. The van der Waals surface area contributed by atoms with E-state index in [1.807, 2.05) is 0 Å². The van der Waals surface area contributed by atoms with Crippen LogP contribution in [0.5, 0.6) is 0 Å². The van der Waals surface area contributed by atoms with Crippen molar-refractivity contribution in [1.82, 2.24) is 9.91 Å². The molecule has 0 bridgehead atoms. The Bertz CT molecular complexity index is 971. The van der Waals surface area contributed by atoms with E-state index >= 15 is 0 Å². The number of imide groups is 3. The molecule has 1 aromatic heterocycles. The number of hydrogen-bond acceptors (Lipinski definition) is 8. The van der Waals surface area contributed by atoms with E-state index in [0.717, 1.165) is 5.01 Å². The molecule has 11 nitrogen and oxygen atoms in total. The first-order valence-electron chi connectivity index (χ1n) is 8.16. The summed E-state index contributed by atoms with van der Waals surface area (Å²) in [6, 6.07) is 8.17. The van der Waals surface area contributed by atoms with Gasteiger partial charge >= 0.3 is 6.03 Å². The fraction of sp³-hybridized carbons (Fsp3) is 0.176. The fourth-order valence-corrected chi connectivity index (χ4v) is 2.51. The first kappa shape index (κ1) is 21.7. The highest BCUT2D eigenvalue weighted by Crippen LogP contribution is 2.24. The summed E-state index contributed by atoms with van der Waals surface area (Å²) >= 11 is 0. The van der Waals surface area contributed by atoms with Gasteiger partial charge in [-0.15, -0.1) is 12.4 Å². The highest BCUT2D eigenvalue weighted by atomic mass is 35.5. The van der Waals surface area contributed by atoms with Gasteiger partial charge in [0.25, 0.3) is 11.6 Å². The maximum Gasteiger partial charge on any atom is 0.354 e. The molecule has 0 unspecified atom stereocenters. The first-order chi connectivity index (χ1) is 13.4. The Morgan fingerprint density at radius 2 is 1.93 bits per heavy atom. The van der Waals surface area contributed by atoms with Gasteiger partial charge in [0.1, 0.15) is 18.1 Å². The number of halogens is 1. The van der Waals surface area contributed by atoms with Crippen molar-refractivity contribution in [3.8, 4) is 11.3 Å². The van der Waals surface area contributed by atoms with E-state index in [0.29, 0.717) is 22.0 Å². The summed E-state index contributed by atoms with van der Waals surface area (Å²) in [5.74, 6) is -0.611. The minimum atomic E-state index is -0.846. The summed E-state index contributed by atoms with van der Waals surface area (Å²) in [7, 11) is 0. The number of amides is 4. The molecule has 12 heteroatoms. The quantitative estimate of drug-likeness (QED) is 0.322. The maximum absolute atomic E-state index is 12.1. The summed E-state index contributed by atoms with van der Waals surface area (Å²) in [6.07, 6.45) is 1.11. The van der Waals surface area contributed by atoms with E-state index in [4.69, 9.17) is 10.2 Å². The SMILES string of the molecule is Cl.NCCC(=O)N1C(=O)CN(/N=C\c2ccc(-c3ccc([N+](=O)[O-])cc3)o2)C1=O. The number of nitrogens with zero attached hydrogens (tertiary/aromatic N) is 4. The molecule has 2 heterocycles. The van der Waals surface area contributed by atoms with E-state index in [1.165, 1.54) is 18.3 Å². The number of non-ortho nitro benzene ring substituents is 1. The number of hydrazone groups is 1. The Morgan fingerprint density at radius 1 is 1.24 bits per heavy atom. The van der Waals surface area contributed by atoms with Gasteiger partial charge in [0.15, 0.2) is 0 Å². The number of nitrogens with two attached hydrogens (primary N) is 1. The molecule has 3 rings (SSSR count). The fourth-order valence-electron chi connectivity index (χ4n) is 2.51. The van der Waals surface area contributed by atoms with E-state index in [9.17, 15) is 24.5 Å². The molecule has 0 saturated carbocycles. The number of furan rings is 1. The van der Waals surface area contributed by atoms with Crippen LogP contribution in [0.25, 0.3) is 11.3 Å². The third-order valence-electron chi connectivity index (χ3n) is 3.87. The molecule has 0 atom stereocenters.